The topological polar surface area (TPSA) is 61.4 Å². The van der Waals surface area contributed by atoms with Gasteiger partial charge in [-0.15, -0.1) is 10.2 Å². The second-order valence-corrected chi connectivity index (χ2v) is 4.15. The monoisotopic (exact) mass is 235 g/mol. The van der Waals surface area contributed by atoms with Crippen molar-refractivity contribution in [2.24, 2.45) is 0 Å². The summed E-state index contributed by atoms with van der Waals surface area (Å²) >= 11 is 0. The number of likely N-dealkylation sites (N-methyl/N-ethyl adjacent to an activating group) is 1. The first-order chi connectivity index (χ1) is 8.20. The molecule has 1 aliphatic rings. The Hall–Kier alpha value is -1.69. The van der Waals surface area contributed by atoms with E-state index in [1.165, 1.54) is 0 Å². The van der Waals surface area contributed by atoms with E-state index in [0.29, 0.717) is 11.5 Å². The van der Waals surface area contributed by atoms with Crippen LogP contribution in [0.4, 0.5) is 5.82 Å². The molecule has 0 radical (unpaired) electrons. The number of hydrogen-bond acceptors (Lipinski definition) is 5. The summed E-state index contributed by atoms with van der Waals surface area (Å²) in [7, 11) is 3.83. The van der Waals surface area contributed by atoms with Gasteiger partial charge < -0.3 is 15.1 Å². The molecule has 0 aromatic carbocycles. The summed E-state index contributed by atoms with van der Waals surface area (Å²) in [5.74, 6) is 0.633. The number of nitrogens with one attached hydrogen (secondary N) is 1. The molecule has 1 aromatic rings. The summed E-state index contributed by atoms with van der Waals surface area (Å²) in [4.78, 5) is 16.1. The summed E-state index contributed by atoms with van der Waals surface area (Å²) in [6.45, 7) is 3.33. The van der Waals surface area contributed by atoms with Crippen LogP contribution in [0.25, 0.3) is 0 Å². The van der Waals surface area contributed by atoms with E-state index in [4.69, 9.17) is 0 Å². The zero-order valence-corrected chi connectivity index (χ0v) is 10.2. The molecule has 2 heterocycles. The highest BCUT2D eigenvalue weighted by Gasteiger charge is 2.21. The Morgan fingerprint density at radius 1 is 1.24 bits per heavy atom. The highest BCUT2D eigenvalue weighted by Crippen LogP contribution is 2.07. The van der Waals surface area contributed by atoms with Crippen molar-refractivity contribution in [1.82, 2.24) is 20.0 Å². The lowest BCUT2D eigenvalue weighted by molar-refractivity contribution is 0.0657. The predicted octanol–water partition coefficient (Wildman–Crippen LogP) is -0.0941. The normalized spacial score (nSPS) is 16.9. The van der Waals surface area contributed by atoms with Gasteiger partial charge in [0.25, 0.3) is 5.91 Å². The Labute approximate surface area is 101 Å². The van der Waals surface area contributed by atoms with Gasteiger partial charge in [0.2, 0.25) is 0 Å². The lowest BCUT2D eigenvalue weighted by atomic mass is 10.3. The molecule has 0 spiro atoms. The standard InChI is InChI=1S/C11H17N5O/c1-12-10-4-3-9(13-14-10)11(17)16-7-5-15(2)6-8-16/h3-4H,5-8H2,1-2H3,(H,12,14). The first kappa shape index (κ1) is 11.8. The van der Waals surface area contributed by atoms with Crippen LogP contribution in [-0.2, 0) is 0 Å². The second kappa shape index (κ2) is 5.09. The Balaban J connectivity index is 2.03. The van der Waals surface area contributed by atoms with Crippen LogP contribution in [-0.4, -0.2) is 66.2 Å². The molecule has 6 heteroatoms. The maximum Gasteiger partial charge on any atom is 0.274 e. The SMILES string of the molecule is CNc1ccc(C(=O)N2CCN(C)CC2)nn1. The van der Waals surface area contributed by atoms with Crippen molar-refractivity contribution in [2.75, 3.05) is 45.6 Å². The Morgan fingerprint density at radius 3 is 2.47 bits per heavy atom. The van der Waals surface area contributed by atoms with Crippen LogP contribution in [0.1, 0.15) is 10.5 Å². The van der Waals surface area contributed by atoms with Gasteiger partial charge in [0, 0.05) is 33.2 Å². The summed E-state index contributed by atoms with van der Waals surface area (Å²) in [6.07, 6.45) is 0. The smallest absolute Gasteiger partial charge is 0.274 e. The van der Waals surface area contributed by atoms with Crippen molar-refractivity contribution in [3.8, 4) is 0 Å². The summed E-state index contributed by atoms with van der Waals surface area (Å²) < 4.78 is 0. The largest absolute Gasteiger partial charge is 0.372 e. The fraction of sp³-hybridized carbons (Fsp3) is 0.545. The van der Waals surface area contributed by atoms with E-state index in [2.05, 4.69) is 27.5 Å². The number of rotatable bonds is 2. The van der Waals surface area contributed by atoms with Crippen LogP contribution in [0.3, 0.4) is 0 Å². The van der Waals surface area contributed by atoms with Crippen LogP contribution >= 0.6 is 0 Å². The molecule has 1 fully saturated rings. The van der Waals surface area contributed by atoms with Gasteiger partial charge in [-0.2, -0.15) is 0 Å². The Morgan fingerprint density at radius 2 is 1.94 bits per heavy atom. The van der Waals surface area contributed by atoms with Gasteiger partial charge in [-0.25, -0.2) is 0 Å². The van der Waals surface area contributed by atoms with Crippen molar-refractivity contribution in [3.63, 3.8) is 0 Å². The van der Waals surface area contributed by atoms with E-state index < -0.39 is 0 Å². The van der Waals surface area contributed by atoms with Crippen molar-refractivity contribution >= 4 is 11.7 Å². The molecule has 0 bridgehead atoms. The molecule has 0 atom stereocenters. The van der Waals surface area contributed by atoms with Gasteiger partial charge in [0.05, 0.1) is 0 Å². The molecule has 92 valence electrons. The average Bonchev–Trinajstić information content (AvgIpc) is 2.39. The molecule has 1 aliphatic heterocycles. The summed E-state index contributed by atoms with van der Waals surface area (Å²) in [5, 5.41) is 10.7. The maximum absolute atomic E-state index is 12.1. The number of hydrogen-bond donors (Lipinski definition) is 1. The minimum Gasteiger partial charge on any atom is -0.372 e. The Bertz CT molecular complexity index is 383. The van der Waals surface area contributed by atoms with Crippen molar-refractivity contribution in [1.29, 1.82) is 0 Å². The van der Waals surface area contributed by atoms with Crippen LogP contribution < -0.4 is 5.32 Å². The molecule has 0 unspecified atom stereocenters. The van der Waals surface area contributed by atoms with Gasteiger partial charge in [-0.05, 0) is 19.2 Å². The Kier molecular flexibility index (Phi) is 3.53. The molecule has 0 saturated carbocycles. The average molecular weight is 235 g/mol. The minimum atomic E-state index is -0.0340. The highest BCUT2D eigenvalue weighted by molar-refractivity contribution is 5.92. The number of nitrogens with zero attached hydrogens (tertiary/aromatic N) is 4. The quantitative estimate of drug-likeness (QED) is 0.776. The zero-order chi connectivity index (χ0) is 12.3. The van der Waals surface area contributed by atoms with Gasteiger partial charge in [0.15, 0.2) is 5.69 Å². The molecule has 0 aliphatic carbocycles. The van der Waals surface area contributed by atoms with Crippen molar-refractivity contribution in [2.45, 2.75) is 0 Å². The third-order valence-electron chi connectivity index (χ3n) is 2.93. The van der Waals surface area contributed by atoms with Crippen molar-refractivity contribution < 1.29 is 4.79 Å². The molecule has 17 heavy (non-hydrogen) atoms. The van der Waals surface area contributed by atoms with Crippen LogP contribution in [0, 0.1) is 0 Å². The van der Waals surface area contributed by atoms with Crippen LogP contribution in [0.2, 0.25) is 0 Å². The highest BCUT2D eigenvalue weighted by atomic mass is 16.2. The van der Waals surface area contributed by atoms with E-state index in [1.807, 2.05) is 4.90 Å². The van der Waals surface area contributed by atoms with Crippen LogP contribution in [0.15, 0.2) is 12.1 Å². The molecule has 1 amide bonds. The number of piperazine rings is 1. The lowest BCUT2D eigenvalue weighted by Gasteiger charge is -2.32. The van der Waals surface area contributed by atoms with Crippen molar-refractivity contribution in [3.05, 3.63) is 17.8 Å². The van der Waals surface area contributed by atoms with E-state index in [1.54, 1.807) is 19.2 Å². The molecule has 1 N–H and O–H groups in total. The number of carbonyl (C=O) groups is 1. The third-order valence-corrected chi connectivity index (χ3v) is 2.93. The van der Waals surface area contributed by atoms with E-state index in [0.717, 1.165) is 26.2 Å². The molecule has 2 rings (SSSR count). The maximum atomic E-state index is 12.1. The molecule has 1 aromatic heterocycles. The third kappa shape index (κ3) is 2.71. The summed E-state index contributed by atoms with van der Waals surface area (Å²) in [5.41, 5.74) is 0.411. The van der Waals surface area contributed by atoms with E-state index in [9.17, 15) is 4.79 Å². The van der Waals surface area contributed by atoms with Crippen LogP contribution in [0.5, 0.6) is 0 Å². The number of aromatic nitrogens is 2. The number of anilines is 1. The summed E-state index contributed by atoms with van der Waals surface area (Å²) in [6, 6.07) is 3.47. The fourth-order valence-electron chi connectivity index (χ4n) is 1.75. The fourth-order valence-corrected chi connectivity index (χ4v) is 1.75. The zero-order valence-electron chi connectivity index (χ0n) is 10.2. The van der Waals surface area contributed by atoms with Gasteiger partial charge in [0.1, 0.15) is 5.82 Å². The van der Waals surface area contributed by atoms with Gasteiger partial charge >= 0.3 is 0 Å². The first-order valence-electron chi connectivity index (χ1n) is 5.70. The predicted molar refractivity (Wildman–Crippen MR) is 65.0 cm³/mol. The number of carbonyl (C=O) groups excluding carboxylic acids is 1. The molecule has 1 saturated heterocycles. The van der Waals surface area contributed by atoms with Gasteiger partial charge in [-0.1, -0.05) is 0 Å². The lowest BCUT2D eigenvalue weighted by Crippen LogP contribution is -2.47. The van der Waals surface area contributed by atoms with E-state index in [-0.39, 0.29) is 5.91 Å². The van der Waals surface area contributed by atoms with Gasteiger partial charge in [-0.3, -0.25) is 4.79 Å². The molecular formula is C11H17N5O. The molecule has 6 nitrogen and oxygen atoms in total. The molecular weight excluding hydrogens is 218 g/mol. The number of amides is 1. The second-order valence-electron chi connectivity index (χ2n) is 4.15. The minimum absolute atomic E-state index is 0.0340. The first-order valence-corrected chi connectivity index (χ1v) is 5.70. The van der Waals surface area contributed by atoms with E-state index >= 15 is 0 Å².